The Bertz CT molecular complexity index is 733. The monoisotopic (exact) mass is 431 g/mol. The highest BCUT2D eigenvalue weighted by atomic mass is 79.9. The van der Waals surface area contributed by atoms with E-state index in [0.29, 0.717) is 17.0 Å². The number of likely N-dealkylation sites (N-methyl/N-ethyl adjacent to an activating group) is 1. The van der Waals surface area contributed by atoms with Gasteiger partial charge in [0.1, 0.15) is 6.54 Å². The van der Waals surface area contributed by atoms with Crippen molar-refractivity contribution in [1.29, 1.82) is 0 Å². The van der Waals surface area contributed by atoms with Crippen molar-refractivity contribution in [3.63, 3.8) is 0 Å². The third-order valence-corrected chi connectivity index (χ3v) is 6.16. The molecule has 144 valence electrons. The molecule has 5 heteroatoms. The summed E-state index contributed by atoms with van der Waals surface area (Å²) >= 11 is 0. The highest BCUT2D eigenvalue weighted by Crippen LogP contribution is 2.37. The normalized spacial score (nSPS) is 26.9. The Hall–Kier alpha value is -1.69. The number of rotatable bonds is 4. The summed E-state index contributed by atoms with van der Waals surface area (Å²) in [6.07, 6.45) is 2.06. The van der Waals surface area contributed by atoms with Gasteiger partial charge in [-0.1, -0.05) is 60.7 Å². The topological polar surface area (TPSA) is 46.5 Å². The second kappa shape index (κ2) is 7.74. The van der Waals surface area contributed by atoms with Crippen LogP contribution in [0.4, 0.5) is 0 Å². The van der Waals surface area contributed by atoms with Gasteiger partial charge in [-0.3, -0.25) is 0 Å². The van der Waals surface area contributed by atoms with Gasteiger partial charge in [0.2, 0.25) is 5.60 Å². The first-order chi connectivity index (χ1) is 12.5. The van der Waals surface area contributed by atoms with Gasteiger partial charge in [0.15, 0.2) is 6.10 Å². The van der Waals surface area contributed by atoms with Crippen molar-refractivity contribution < 1.29 is 36.1 Å². The second-order valence-corrected chi connectivity index (χ2v) is 7.97. The van der Waals surface area contributed by atoms with Gasteiger partial charge in [0.05, 0.1) is 20.1 Å². The van der Waals surface area contributed by atoms with Crippen molar-refractivity contribution in [2.24, 2.45) is 5.92 Å². The molecule has 27 heavy (non-hydrogen) atoms. The molecule has 0 aromatic heterocycles. The molecule has 3 fully saturated rings. The van der Waals surface area contributed by atoms with E-state index in [0.717, 1.165) is 37.0 Å². The van der Waals surface area contributed by atoms with E-state index in [-0.39, 0.29) is 23.1 Å². The minimum atomic E-state index is -1.78. The van der Waals surface area contributed by atoms with Gasteiger partial charge in [-0.15, -0.1) is 0 Å². The molecule has 0 spiro atoms. The molecule has 3 saturated heterocycles. The number of hydrogen-bond acceptors (Lipinski definition) is 3. The van der Waals surface area contributed by atoms with Crippen LogP contribution >= 0.6 is 0 Å². The van der Waals surface area contributed by atoms with Crippen molar-refractivity contribution in [2.45, 2.75) is 24.5 Å². The van der Waals surface area contributed by atoms with E-state index in [1.54, 1.807) is 24.3 Å². The number of halogens is 1. The van der Waals surface area contributed by atoms with Crippen molar-refractivity contribution in [1.82, 2.24) is 0 Å². The Labute approximate surface area is 171 Å². The zero-order valence-corrected chi connectivity index (χ0v) is 17.1. The van der Waals surface area contributed by atoms with Crippen molar-refractivity contribution in [3.8, 4) is 0 Å². The minimum absolute atomic E-state index is 0. The lowest BCUT2D eigenvalue weighted by Crippen LogP contribution is -3.00. The van der Waals surface area contributed by atoms with E-state index in [2.05, 4.69) is 7.05 Å². The van der Waals surface area contributed by atoms with Gasteiger partial charge in [-0.05, 0) is 11.1 Å². The number of benzene rings is 2. The summed E-state index contributed by atoms with van der Waals surface area (Å²) in [5, 5.41) is 11.5. The minimum Gasteiger partial charge on any atom is -1.00 e. The number of aliphatic hydroxyl groups is 1. The lowest BCUT2D eigenvalue weighted by atomic mass is 9.83. The summed E-state index contributed by atoms with van der Waals surface area (Å²) in [7, 11) is 2.23. The summed E-state index contributed by atoms with van der Waals surface area (Å²) in [4.78, 5) is 13.2. The average molecular weight is 432 g/mol. The molecule has 5 rings (SSSR count). The van der Waals surface area contributed by atoms with Gasteiger partial charge in [-0.25, -0.2) is 4.79 Å². The van der Waals surface area contributed by atoms with Crippen LogP contribution in [0.15, 0.2) is 60.7 Å². The van der Waals surface area contributed by atoms with Crippen molar-refractivity contribution in [3.05, 3.63) is 71.8 Å². The van der Waals surface area contributed by atoms with Crippen LogP contribution in [0.25, 0.3) is 0 Å². The maximum absolute atomic E-state index is 13.2. The van der Waals surface area contributed by atoms with Gasteiger partial charge in [0.25, 0.3) is 0 Å². The first-order valence-corrected chi connectivity index (χ1v) is 9.39. The molecule has 0 radical (unpaired) electrons. The van der Waals surface area contributed by atoms with E-state index in [1.807, 2.05) is 36.4 Å². The molecule has 3 aliphatic heterocycles. The molecule has 2 aromatic carbocycles. The highest BCUT2D eigenvalue weighted by molar-refractivity contribution is 5.85. The quantitative estimate of drug-likeness (QED) is 0.534. The molecule has 0 saturated carbocycles. The molecule has 2 bridgehead atoms. The molecule has 1 N–H and O–H groups in total. The van der Waals surface area contributed by atoms with E-state index >= 15 is 0 Å². The predicted octanol–water partition coefficient (Wildman–Crippen LogP) is -0.291. The fourth-order valence-corrected chi connectivity index (χ4v) is 4.47. The maximum atomic E-state index is 13.2. The van der Waals surface area contributed by atoms with Crippen LogP contribution in [0, 0.1) is 5.92 Å². The molecule has 3 aliphatic rings. The van der Waals surface area contributed by atoms with E-state index in [9.17, 15) is 9.90 Å². The standard InChI is InChI=1S/C22H26NO3.BrH/c1-23-14-12-17(13-15-23)20(16-23)26-21(24)22(25,18-8-4-2-5-9-18)19-10-6-3-7-11-19;/h2-11,17,20,25H,12-16H2,1H3;1H/q+1;/p-1/t17?,20-,23?;/m0./s1. The third-order valence-electron chi connectivity index (χ3n) is 6.16. The molecule has 0 unspecified atom stereocenters. The first-order valence-electron chi connectivity index (χ1n) is 9.39. The fourth-order valence-electron chi connectivity index (χ4n) is 4.47. The third kappa shape index (κ3) is 3.68. The van der Waals surface area contributed by atoms with Crippen molar-refractivity contribution in [2.75, 3.05) is 26.7 Å². The number of nitrogens with zero attached hydrogens (tertiary/aromatic N) is 1. The zero-order chi connectivity index (χ0) is 18.2. The van der Waals surface area contributed by atoms with Crippen LogP contribution in [-0.2, 0) is 15.1 Å². The van der Waals surface area contributed by atoms with Crippen LogP contribution in [-0.4, -0.2) is 48.3 Å². The van der Waals surface area contributed by atoms with E-state index in [1.165, 1.54) is 0 Å². The Balaban J connectivity index is 0.00000210. The summed E-state index contributed by atoms with van der Waals surface area (Å²) in [6.45, 7) is 3.15. The van der Waals surface area contributed by atoms with Crippen LogP contribution in [0.3, 0.4) is 0 Å². The maximum Gasteiger partial charge on any atom is 0.348 e. The van der Waals surface area contributed by atoms with Crippen LogP contribution in [0.1, 0.15) is 24.0 Å². The molecular formula is C22H26BrNO3. The lowest BCUT2D eigenvalue weighted by Gasteiger charge is -2.50. The summed E-state index contributed by atoms with van der Waals surface area (Å²) in [5.74, 6) is -0.157. The smallest absolute Gasteiger partial charge is 0.348 e. The molecule has 3 heterocycles. The second-order valence-electron chi connectivity index (χ2n) is 7.97. The molecule has 2 aromatic rings. The number of fused-ring (bicyclic) bond motifs is 3. The van der Waals surface area contributed by atoms with Gasteiger partial charge >= 0.3 is 5.97 Å². The summed E-state index contributed by atoms with van der Waals surface area (Å²) in [6, 6.07) is 18.2. The fraction of sp³-hybridized carbons (Fsp3) is 0.409. The number of quaternary nitrogens is 1. The SMILES string of the molecule is C[N+]12CCC(CC1)[C@@H](OC(=O)C(O)(c1ccccc1)c1ccccc1)C2.[Br-]. The van der Waals surface area contributed by atoms with Gasteiger partial charge < -0.3 is 31.3 Å². The highest BCUT2D eigenvalue weighted by Gasteiger charge is 2.49. The largest absolute Gasteiger partial charge is 1.00 e. The summed E-state index contributed by atoms with van der Waals surface area (Å²) in [5.41, 5.74) is -0.705. The number of esters is 1. The number of carbonyl (C=O) groups excluding carboxylic acids is 1. The number of hydrogen-bond donors (Lipinski definition) is 1. The van der Waals surface area contributed by atoms with Gasteiger partial charge in [-0.2, -0.15) is 0 Å². The van der Waals surface area contributed by atoms with Crippen LogP contribution in [0.2, 0.25) is 0 Å². The van der Waals surface area contributed by atoms with Crippen LogP contribution in [0.5, 0.6) is 0 Å². The number of piperidine rings is 3. The van der Waals surface area contributed by atoms with Gasteiger partial charge in [0, 0.05) is 18.8 Å². The van der Waals surface area contributed by atoms with Crippen molar-refractivity contribution >= 4 is 5.97 Å². The molecule has 4 nitrogen and oxygen atoms in total. The Morgan fingerprint density at radius 3 is 1.93 bits per heavy atom. The molecular weight excluding hydrogens is 406 g/mol. The lowest BCUT2D eigenvalue weighted by molar-refractivity contribution is -0.928. The molecule has 0 amide bonds. The Morgan fingerprint density at radius 1 is 1.00 bits per heavy atom. The average Bonchev–Trinajstić information content (AvgIpc) is 2.69. The van der Waals surface area contributed by atoms with E-state index < -0.39 is 11.6 Å². The summed E-state index contributed by atoms with van der Waals surface area (Å²) < 4.78 is 6.92. The molecule has 1 atom stereocenters. The molecule has 0 aliphatic carbocycles. The first kappa shape index (κ1) is 20.1. The number of carbonyl (C=O) groups is 1. The number of ether oxygens (including phenoxy) is 1. The Kier molecular flexibility index (Phi) is 5.75. The Morgan fingerprint density at radius 2 is 1.48 bits per heavy atom. The zero-order valence-electron chi connectivity index (χ0n) is 15.6. The van der Waals surface area contributed by atoms with E-state index in [4.69, 9.17) is 4.74 Å². The van der Waals surface area contributed by atoms with Crippen LogP contribution < -0.4 is 17.0 Å². The predicted molar refractivity (Wildman–Crippen MR) is 99.3 cm³/mol.